The van der Waals surface area contributed by atoms with Gasteiger partial charge in [0.1, 0.15) is 5.75 Å². The van der Waals surface area contributed by atoms with Gasteiger partial charge < -0.3 is 4.74 Å². The van der Waals surface area contributed by atoms with Crippen molar-refractivity contribution in [2.75, 3.05) is 6.61 Å². The third kappa shape index (κ3) is 4.21. The number of hydrogen-bond acceptors (Lipinski definition) is 2. The maximum Gasteiger partial charge on any atom is 0.137 e. The summed E-state index contributed by atoms with van der Waals surface area (Å²) >= 11 is 0. The summed E-state index contributed by atoms with van der Waals surface area (Å²) in [5, 5.41) is 0. The van der Waals surface area contributed by atoms with Gasteiger partial charge in [-0.2, -0.15) is 0 Å². The summed E-state index contributed by atoms with van der Waals surface area (Å²) in [6.07, 6.45) is 4.26. The zero-order valence-corrected chi connectivity index (χ0v) is 10.9. The highest BCUT2D eigenvalue weighted by Crippen LogP contribution is 2.16. The average molecular weight is 221 g/mol. The smallest absolute Gasteiger partial charge is 0.137 e. The van der Waals surface area contributed by atoms with Crippen molar-refractivity contribution < 1.29 is 4.74 Å². The standard InChI is InChI=1S/C14H23NO/c1-5-6-12(4)10-16-13-7-8-14(11(2)3)15-9-13/h7-9,11-12H,5-6,10H2,1-4H3. The fourth-order valence-electron chi connectivity index (χ4n) is 1.63. The SMILES string of the molecule is CCCC(C)COc1ccc(C(C)C)nc1. The van der Waals surface area contributed by atoms with Crippen LogP contribution in [0.4, 0.5) is 0 Å². The van der Waals surface area contributed by atoms with Gasteiger partial charge in [0.05, 0.1) is 12.8 Å². The van der Waals surface area contributed by atoms with Crippen LogP contribution in [0.3, 0.4) is 0 Å². The second kappa shape index (κ2) is 6.51. The van der Waals surface area contributed by atoms with Crippen LogP contribution < -0.4 is 4.74 Å². The van der Waals surface area contributed by atoms with Crippen LogP contribution in [0.1, 0.15) is 52.1 Å². The quantitative estimate of drug-likeness (QED) is 0.723. The minimum Gasteiger partial charge on any atom is -0.492 e. The molecule has 0 aliphatic rings. The van der Waals surface area contributed by atoms with Gasteiger partial charge in [-0.1, -0.05) is 34.1 Å². The fraction of sp³-hybridized carbons (Fsp3) is 0.643. The van der Waals surface area contributed by atoms with Crippen LogP contribution in [0.2, 0.25) is 0 Å². The van der Waals surface area contributed by atoms with E-state index in [1.165, 1.54) is 12.8 Å². The summed E-state index contributed by atoms with van der Waals surface area (Å²) in [6.45, 7) is 9.50. The first-order valence-electron chi connectivity index (χ1n) is 6.22. The lowest BCUT2D eigenvalue weighted by Gasteiger charge is -2.12. The van der Waals surface area contributed by atoms with Crippen molar-refractivity contribution >= 4 is 0 Å². The van der Waals surface area contributed by atoms with Crippen molar-refractivity contribution in [3.8, 4) is 5.75 Å². The number of aromatic nitrogens is 1. The number of pyridine rings is 1. The Morgan fingerprint density at radius 3 is 2.50 bits per heavy atom. The molecule has 0 aromatic carbocycles. The second-order valence-electron chi connectivity index (χ2n) is 4.78. The van der Waals surface area contributed by atoms with E-state index in [4.69, 9.17) is 4.74 Å². The lowest BCUT2D eigenvalue weighted by molar-refractivity contribution is 0.250. The van der Waals surface area contributed by atoms with Gasteiger partial charge in [0.15, 0.2) is 0 Å². The lowest BCUT2D eigenvalue weighted by atomic mass is 10.1. The van der Waals surface area contributed by atoms with Crippen LogP contribution in [0.15, 0.2) is 18.3 Å². The second-order valence-corrected chi connectivity index (χ2v) is 4.78. The van der Waals surface area contributed by atoms with Gasteiger partial charge in [0.25, 0.3) is 0 Å². The monoisotopic (exact) mass is 221 g/mol. The molecule has 0 fully saturated rings. The number of hydrogen-bond donors (Lipinski definition) is 0. The molecule has 1 aromatic heterocycles. The fourth-order valence-corrected chi connectivity index (χ4v) is 1.63. The molecule has 1 aromatic rings. The van der Waals surface area contributed by atoms with Crippen molar-refractivity contribution in [1.29, 1.82) is 0 Å². The first kappa shape index (κ1) is 13.0. The summed E-state index contributed by atoms with van der Waals surface area (Å²) in [7, 11) is 0. The van der Waals surface area contributed by atoms with E-state index in [0.29, 0.717) is 11.8 Å². The summed E-state index contributed by atoms with van der Waals surface area (Å²) in [5.41, 5.74) is 1.12. The highest BCUT2D eigenvalue weighted by atomic mass is 16.5. The molecule has 1 atom stereocenters. The zero-order chi connectivity index (χ0) is 12.0. The van der Waals surface area contributed by atoms with Crippen molar-refractivity contribution in [3.63, 3.8) is 0 Å². The maximum atomic E-state index is 5.69. The Kier molecular flexibility index (Phi) is 5.30. The molecule has 16 heavy (non-hydrogen) atoms. The van der Waals surface area contributed by atoms with Crippen molar-refractivity contribution in [3.05, 3.63) is 24.0 Å². The largest absolute Gasteiger partial charge is 0.492 e. The molecule has 1 heterocycles. The van der Waals surface area contributed by atoms with Gasteiger partial charge in [0, 0.05) is 5.69 Å². The molecule has 0 saturated carbocycles. The Morgan fingerprint density at radius 1 is 1.25 bits per heavy atom. The summed E-state index contributed by atoms with van der Waals surface area (Å²) < 4.78 is 5.69. The Morgan fingerprint density at radius 2 is 2.00 bits per heavy atom. The molecule has 0 bridgehead atoms. The first-order chi connectivity index (χ1) is 7.63. The summed E-state index contributed by atoms with van der Waals surface area (Å²) in [4.78, 5) is 4.38. The molecule has 0 spiro atoms. The summed E-state index contributed by atoms with van der Waals surface area (Å²) in [5.74, 6) is 1.98. The van der Waals surface area contributed by atoms with E-state index in [-0.39, 0.29) is 0 Å². The molecule has 0 N–H and O–H groups in total. The van der Waals surface area contributed by atoms with E-state index in [2.05, 4.69) is 32.7 Å². The Hall–Kier alpha value is -1.05. The van der Waals surface area contributed by atoms with Crippen molar-refractivity contribution in [2.45, 2.75) is 46.5 Å². The Balaban J connectivity index is 2.43. The van der Waals surface area contributed by atoms with E-state index >= 15 is 0 Å². The van der Waals surface area contributed by atoms with Gasteiger partial charge in [0.2, 0.25) is 0 Å². The molecule has 2 heteroatoms. The molecule has 0 aliphatic heterocycles. The predicted molar refractivity (Wildman–Crippen MR) is 67.9 cm³/mol. The van der Waals surface area contributed by atoms with Gasteiger partial charge in [-0.3, -0.25) is 4.98 Å². The lowest BCUT2D eigenvalue weighted by Crippen LogP contribution is -2.08. The van der Waals surface area contributed by atoms with E-state index in [0.717, 1.165) is 18.1 Å². The molecular formula is C14H23NO. The van der Waals surface area contributed by atoms with Crippen LogP contribution >= 0.6 is 0 Å². The third-order valence-electron chi connectivity index (χ3n) is 2.67. The van der Waals surface area contributed by atoms with E-state index in [1.54, 1.807) is 0 Å². The zero-order valence-electron chi connectivity index (χ0n) is 10.9. The Labute approximate surface area is 99.0 Å². The number of ether oxygens (including phenoxy) is 1. The summed E-state index contributed by atoms with van der Waals surface area (Å²) in [6, 6.07) is 4.06. The van der Waals surface area contributed by atoms with E-state index < -0.39 is 0 Å². The van der Waals surface area contributed by atoms with E-state index in [1.807, 2.05) is 18.3 Å². The molecule has 0 radical (unpaired) electrons. The first-order valence-corrected chi connectivity index (χ1v) is 6.22. The molecule has 0 aliphatic carbocycles. The Bertz CT molecular complexity index is 292. The minimum absolute atomic E-state index is 0.480. The molecule has 2 nitrogen and oxygen atoms in total. The van der Waals surface area contributed by atoms with Crippen LogP contribution in [-0.2, 0) is 0 Å². The van der Waals surface area contributed by atoms with Gasteiger partial charge in [-0.05, 0) is 30.4 Å². The predicted octanol–water partition coefficient (Wildman–Crippen LogP) is 4.02. The normalized spacial score (nSPS) is 12.8. The minimum atomic E-state index is 0.480. The van der Waals surface area contributed by atoms with Crippen LogP contribution in [0.25, 0.3) is 0 Å². The number of rotatable bonds is 6. The van der Waals surface area contributed by atoms with Crippen LogP contribution in [-0.4, -0.2) is 11.6 Å². The molecule has 1 unspecified atom stereocenters. The average Bonchev–Trinajstić information content (AvgIpc) is 2.27. The van der Waals surface area contributed by atoms with Crippen molar-refractivity contribution in [1.82, 2.24) is 4.98 Å². The topological polar surface area (TPSA) is 22.1 Å². The molecular weight excluding hydrogens is 198 g/mol. The van der Waals surface area contributed by atoms with Gasteiger partial charge in [-0.25, -0.2) is 0 Å². The van der Waals surface area contributed by atoms with Gasteiger partial charge >= 0.3 is 0 Å². The molecule has 90 valence electrons. The highest BCUT2D eigenvalue weighted by molar-refractivity contribution is 5.21. The number of nitrogens with zero attached hydrogens (tertiary/aromatic N) is 1. The molecule has 0 saturated heterocycles. The molecule has 1 rings (SSSR count). The third-order valence-corrected chi connectivity index (χ3v) is 2.67. The molecule has 0 amide bonds. The van der Waals surface area contributed by atoms with Crippen LogP contribution in [0.5, 0.6) is 5.75 Å². The van der Waals surface area contributed by atoms with Crippen molar-refractivity contribution in [2.24, 2.45) is 5.92 Å². The van der Waals surface area contributed by atoms with Gasteiger partial charge in [-0.15, -0.1) is 0 Å². The highest BCUT2D eigenvalue weighted by Gasteiger charge is 2.03. The van der Waals surface area contributed by atoms with E-state index in [9.17, 15) is 0 Å². The van der Waals surface area contributed by atoms with Crippen LogP contribution in [0, 0.1) is 5.92 Å². The maximum absolute atomic E-state index is 5.69.